The summed E-state index contributed by atoms with van der Waals surface area (Å²) in [4.78, 5) is 38.9. The molecule has 4 rings (SSSR count). The molecule has 1 amide bonds. The van der Waals surface area contributed by atoms with E-state index in [-0.39, 0.29) is 24.1 Å². The Morgan fingerprint density at radius 1 is 1.27 bits per heavy atom. The molecular formula is C18H22N6O2. The largest absolute Gasteiger partial charge is 0.333 e. The SMILES string of the molecule is CCc1nccn1CC(=O)N1CCCC[C@@H]1c1cc(=O)n2ccnc2[nH]1. The van der Waals surface area contributed by atoms with Gasteiger partial charge in [0.05, 0.1) is 6.04 Å². The quantitative estimate of drug-likeness (QED) is 0.770. The van der Waals surface area contributed by atoms with Crippen molar-refractivity contribution in [3.63, 3.8) is 0 Å². The zero-order valence-corrected chi connectivity index (χ0v) is 14.8. The number of nitrogens with zero attached hydrogens (tertiary/aromatic N) is 5. The number of nitrogens with one attached hydrogen (secondary N) is 1. The normalized spacial score (nSPS) is 17.7. The van der Waals surface area contributed by atoms with Crippen LogP contribution in [0.4, 0.5) is 0 Å². The second-order valence-electron chi connectivity index (χ2n) is 6.61. The fourth-order valence-electron chi connectivity index (χ4n) is 3.71. The highest BCUT2D eigenvalue weighted by Crippen LogP contribution is 2.29. The number of carbonyl (C=O) groups is 1. The highest BCUT2D eigenvalue weighted by molar-refractivity contribution is 5.76. The van der Waals surface area contributed by atoms with E-state index in [9.17, 15) is 9.59 Å². The number of amides is 1. The maximum Gasteiger partial charge on any atom is 0.259 e. The molecule has 3 aromatic rings. The summed E-state index contributed by atoms with van der Waals surface area (Å²) in [5.74, 6) is 1.46. The van der Waals surface area contributed by atoms with Crippen LogP contribution in [-0.4, -0.2) is 41.3 Å². The van der Waals surface area contributed by atoms with Crippen molar-refractivity contribution in [2.24, 2.45) is 0 Å². The van der Waals surface area contributed by atoms with Crippen molar-refractivity contribution in [1.29, 1.82) is 0 Å². The zero-order chi connectivity index (χ0) is 18.1. The second kappa shape index (κ2) is 6.78. The summed E-state index contributed by atoms with van der Waals surface area (Å²) in [6, 6.07) is 1.46. The Morgan fingerprint density at radius 3 is 2.96 bits per heavy atom. The average Bonchev–Trinajstić information content (AvgIpc) is 3.30. The molecule has 1 aliphatic heterocycles. The minimum absolute atomic E-state index is 0.0477. The van der Waals surface area contributed by atoms with Crippen LogP contribution in [0.15, 0.2) is 35.6 Å². The molecule has 136 valence electrons. The third kappa shape index (κ3) is 2.91. The third-order valence-corrected chi connectivity index (χ3v) is 5.02. The van der Waals surface area contributed by atoms with Crippen molar-refractivity contribution in [3.05, 3.63) is 52.7 Å². The maximum atomic E-state index is 13.0. The van der Waals surface area contributed by atoms with Gasteiger partial charge in [0.1, 0.15) is 12.4 Å². The number of piperidine rings is 1. The van der Waals surface area contributed by atoms with Crippen molar-refractivity contribution < 1.29 is 4.79 Å². The number of aromatic nitrogens is 5. The van der Waals surface area contributed by atoms with Crippen molar-refractivity contribution in [2.75, 3.05) is 6.54 Å². The molecule has 0 aromatic carbocycles. The van der Waals surface area contributed by atoms with Gasteiger partial charge in [0.2, 0.25) is 11.7 Å². The fraction of sp³-hybridized carbons (Fsp3) is 0.444. The highest BCUT2D eigenvalue weighted by atomic mass is 16.2. The first-order valence-corrected chi connectivity index (χ1v) is 9.03. The number of H-pyrrole nitrogens is 1. The van der Waals surface area contributed by atoms with Crippen molar-refractivity contribution in [2.45, 2.75) is 45.2 Å². The number of hydrogen-bond donors (Lipinski definition) is 1. The first kappa shape index (κ1) is 16.6. The predicted molar refractivity (Wildman–Crippen MR) is 95.7 cm³/mol. The molecule has 1 atom stereocenters. The maximum absolute atomic E-state index is 13.0. The van der Waals surface area contributed by atoms with E-state index in [1.54, 1.807) is 24.7 Å². The molecule has 26 heavy (non-hydrogen) atoms. The molecule has 8 nitrogen and oxygen atoms in total. The summed E-state index contributed by atoms with van der Waals surface area (Å²) < 4.78 is 3.37. The van der Waals surface area contributed by atoms with E-state index in [2.05, 4.69) is 15.0 Å². The van der Waals surface area contributed by atoms with Gasteiger partial charge in [-0.3, -0.25) is 14.0 Å². The number of fused-ring (bicyclic) bond motifs is 1. The van der Waals surface area contributed by atoms with Crippen molar-refractivity contribution in [1.82, 2.24) is 28.8 Å². The number of aromatic amines is 1. The Kier molecular flexibility index (Phi) is 4.32. The molecule has 0 spiro atoms. The summed E-state index contributed by atoms with van der Waals surface area (Å²) in [6.07, 6.45) is 10.4. The Morgan fingerprint density at radius 2 is 2.12 bits per heavy atom. The minimum atomic E-state index is -0.132. The molecule has 3 aromatic heterocycles. The van der Waals surface area contributed by atoms with Gasteiger partial charge in [-0.1, -0.05) is 6.92 Å². The van der Waals surface area contributed by atoms with Gasteiger partial charge in [-0.05, 0) is 19.3 Å². The second-order valence-corrected chi connectivity index (χ2v) is 6.61. The van der Waals surface area contributed by atoms with Crippen LogP contribution < -0.4 is 5.56 Å². The molecule has 0 aliphatic carbocycles. The monoisotopic (exact) mass is 354 g/mol. The minimum Gasteiger partial charge on any atom is -0.333 e. The van der Waals surface area contributed by atoms with Crippen molar-refractivity contribution in [3.8, 4) is 0 Å². The van der Waals surface area contributed by atoms with Gasteiger partial charge in [0, 0.05) is 49.5 Å². The summed E-state index contributed by atoms with van der Waals surface area (Å²) >= 11 is 0. The lowest BCUT2D eigenvalue weighted by atomic mass is 9.99. The van der Waals surface area contributed by atoms with Crippen molar-refractivity contribution >= 4 is 11.7 Å². The summed E-state index contributed by atoms with van der Waals surface area (Å²) in [5, 5.41) is 0. The number of aryl methyl sites for hydroxylation is 1. The first-order valence-electron chi connectivity index (χ1n) is 9.03. The lowest BCUT2D eigenvalue weighted by molar-refractivity contribution is -0.135. The number of imidazole rings is 2. The van der Waals surface area contributed by atoms with E-state index in [0.717, 1.165) is 37.2 Å². The van der Waals surface area contributed by atoms with Crippen LogP contribution in [0.2, 0.25) is 0 Å². The molecule has 0 bridgehead atoms. The van der Waals surface area contributed by atoms with Crippen LogP contribution >= 0.6 is 0 Å². The number of hydrogen-bond acceptors (Lipinski definition) is 4. The number of carbonyl (C=O) groups excluding carboxylic acids is 1. The molecule has 8 heteroatoms. The van der Waals surface area contributed by atoms with Crippen LogP contribution in [0.5, 0.6) is 0 Å². The van der Waals surface area contributed by atoms with Gasteiger partial charge in [0.15, 0.2) is 0 Å². The van der Waals surface area contributed by atoms with E-state index in [4.69, 9.17) is 0 Å². The van der Waals surface area contributed by atoms with Gasteiger partial charge in [-0.25, -0.2) is 9.97 Å². The lowest BCUT2D eigenvalue weighted by Crippen LogP contribution is -2.41. The highest BCUT2D eigenvalue weighted by Gasteiger charge is 2.29. The summed E-state index contributed by atoms with van der Waals surface area (Å²) in [6.45, 7) is 2.99. The third-order valence-electron chi connectivity index (χ3n) is 5.02. The number of rotatable bonds is 4. The van der Waals surface area contributed by atoms with E-state index in [1.807, 2.05) is 22.6 Å². The van der Waals surface area contributed by atoms with E-state index in [0.29, 0.717) is 12.3 Å². The van der Waals surface area contributed by atoms with Gasteiger partial charge < -0.3 is 14.5 Å². The van der Waals surface area contributed by atoms with Gasteiger partial charge >= 0.3 is 0 Å². The van der Waals surface area contributed by atoms with Crippen LogP contribution in [0, 0.1) is 0 Å². The van der Waals surface area contributed by atoms with Gasteiger partial charge in [0.25, 0.3) is 5.56 Å². The predicted octanol–water partition coefficient (Wildman–Crippen LogP) is 1.54. The lowest BCUT2D eigenvalue weighted by Gasteiger charge is -2.36. The van der Waals surface area contributed by atoms with E-state index < -0.39 is 0 Å². The standard InChI is InChI=1S/C18H22N6O2/c1-2-15-19-6-9-22(15)12-17(26)23-8-4-3-5-14(23)13-11-16(25)24-10-7-20-18(24)21-13/h6-7,9-11,14H,2-5,8,12H2,1H3,(H,20,21)/t14-/m1/s1. The molecule has 0 saturated carbocycles. The summed E-state index contributed by atoms with van der Waals surface area (Å²) in [7, 11) is 0. The number of likely N-dealkylation sites (tertiary alicyclic amines) is 1. The van der Waals surface area contributed by atoms with Crippen LogP contribution in [0.3, 0.4) is 0 Å². The average molecular weight is 354 g/mol. The summed E-state index contributed by atoms with van der Waals surface area (Å²) in [5.41, 5.74) is 0.621. The Hall–Kier alpha value is -2.90. The van der Waals surface area contributed by atoms with Crippen LogP contribution in [0.1, 0.15) is 43.7 Å². The smallest absolute Gasteiger partial charge is 0.259 e. The molecule has 1 aliphatic rings. The molecule has 0 unspecified atom stereocenters. The Labute approximate surface area is 150 Å². The Balaban J connectivity index is 1.63. The zero-order valence-electron chi connectivity index (χ0n) is 14.8. The van der Waals surface area contributed by atoms with E-state index >= 15 is 0 Å². The Bertz CT molecular complexity index is 985. The molecular weight excluding hydrogens is 332 g/mol. The van der Waals surface area contributed by atoms with Gasteiger partial charge in [-0.15, -0.1) is 0 Å². The molecule has 1 N–H and O–H groups in total. The molecule has 4 heterocycles. The fourth-order valence-corrected chi connectivity index (χ4v) is 3.71. The first-order chi connectivity index (χ1) is 12.7. The molecule has 1 saturated heterocycles. The van der Waals surface area contributed by atoms with E-state index in [1.165, 1.54) is 4.40 Å². The molecule has 1 fully saturated rings. The van der Waals surface area contributed by atoms with Crippen LogP contribution in [-0.2, 0) is 17.8 Å². The topological polar surface area (TPSA) is 88.3 Å². The van der Waals surface area contributed by atoms with Crippen LogP contribution in [0.25, 0.3) is 5.78 Å². The van der Waals surface area contributed by atoms with Gasteiger partial charge in [-0.2, -0.15) is 0 Å². The molecule has 0 radical (unpaired) electrons.